The molecule has 1 amide bonds. The molecule has 3 atom stereocenters. The fourth-order valence-electron chi connectivity index (χ4n) is 5.68. The van der Waals surface area contributed by atoms with Gasteiger partial charge in [0.05, 0.1) is 30.3 Å². The number of likely N-dealkylation sites (tertiary alicyclic amines) is 1. The van der Waals surface area contributed by atoms with Crippen molar-refractivity contribution in [1.29, 1.82) is 0 Å². The van der Waals surface area contributed by atoms with Crippen molar-refractivity contribution in [2.75, 3.05) is 12.8 Å². The SMILES string of the molecule is CS(=O)(=O)N[C@H]1[C@@H](F)CN(C(=O)C23CC(C2)C3)[C@H]1Cc1cccc(-c2cc(F)cc(F)c2)c1F. The summed E-state index contributed by atoms with van der Waals surface area (Å²) in [7, 11) is -3.81. The summed E-state index contributed by atoms with van der Waals surface area (Å²) in [5.74, 6) is -2.18. The molecule has 1 N–H and O–H groups in total. The molecule has 0 spiro atoms. The highest BCUT2D eigenvalue weighted by Crippen LogP contribution is 2.65. The van der Waals surface area contributed by atoms with Crippen molar-refractivity contribution in [2.24, 2.45) is 11.3 Å². The standard InChI is InChI=1S/C24H24F4N2O3S/c1-34(32,33)29-22-19(27)12-30(23(31)24-9-13(10-24)11-24)20(22)7-14-3-2-4-18(21(14)28)15-5-16(25)8-17(26)6-15/h2-6,8,13,19-20,22,29H,7,9-12H2,1H3/t13?,19-,20-,22-,24?/m0/s1. The molecule has 2 aromatic rings. The van der Waals surface area contributed by atoms with E-state index in [9.17, 15) is 22.0 Å². The van der Waals surface area contributed by atoms with Gasteiger partial charge in [0.25, 0.3) is 0 Å². The minimum atomic E-state index is -3.81. The summed E-state index contributed by atoms with van der Waals surface area (Å²) < 4.78 is 84.1. The van der Waals surface area contributed by atoms with E-state index in [1.54, 1.807) is 0 Å². The third-order valence-corrected chi connectivity index (χ3v) is 8.06. The first-order chi connectivity index (χ1) is 16.0. The van der Waals surface area contributed by atoms with E-state index in [2.05, 4.69) is 4.72 Å². The minimum Gasteiger partial charge on any atom is -0.334 e. The van der Waals surface area contributed by atoms with Gasteiger partial charge in [-0.05, 0) is 54.9 Å². The Bertz CT molecular complexity index is 1230. The van der Waals surface area contributed by atoms with E-state index < -0.39 is 51.1 Å². The zero-order valence-electron chi connectivity index (χ0n) is 18.4. The van der Waals surface area contributed by atoms with Gasteiger partial charge in [-0.3, -0.25) is 4.79 Å². The number of hydrogen-bond acceptors (Lipinski definition) is 3. The molecule has 4 aliphatic rings. The van der Waals surface area contributed by atoms with Gasteiger partial charge < -0.3 is 4.90 Å². The van der Waals surface area contributed by atoms with Crippen LogP contribution in [0.2, 0.25) is 0 Å². The van der Waals surface area contributed by atoms with Crippen molar-refractivity contribution in [3.63, 3.8) is 0 Å². The van der Waals surface area contributed by atoms with Gasteiger partial charge in [0, 0.05) is 11.6 Å². The average Bonchev–Trinajstić information content (AvgIpc) is 2.94. The smallest absolute Gasteiger partial charge is 0.229 e. The molecule has 2 aromatic carbocycles. The topological polar surface area (TPSA) is 66.5 Å². The molecule has 0 aromatic heterocycles. The second-order valence-electron chi connectivity index (χ2n) is 9.86. The number of amides is 1. The van der Waals surface area contributed by atoms with Crippen molar-refractivity contribution >= 4 is 15.9 Å². The maximum Gasteiger partial charge on any atom is 0.229 e. The van der Waals surface area contributed by atoms with Crippen LogP contribution in [0.4, 0.5) is 17.6 Å². The lowest BCUT2D eigenvalue weighted by Gasteiger charge is -2.61. The zero-order chi connectivity index (χ0) is 24.4. The average molecular weight is 497 g/mol. The minimum absolute atomic E-state index is 0.000694. The van der Waals surface area contributed by atoms with Gasteiger partial charge in [-0.25, -0.2) is 30.7 Å². The highest BCUT2D eigenvalue weighted by Gasteiger charge is 2.64. The molecule has 2 bridgehead atoms. The summed E-state index contributed by atoms with van der Waals surface area (Å²) in [6, 6.07) is 4.83. The summed E-state index contributed by atoms with van der Waals surface area (Å²) in [5.41, 5.74) is -0.464. The molecule has 4 fully saturated rings. The van der Waals surface area contributed by atoms with E-state index >= 15 is 8.78 Å². The maximum atomic E-state index is 15.5. The Kier molecular flexibility index (Phi) is 5.51. The largest absolute Gasteiger partial charge is 0.334 e. The summed E-state index contributed by atoms with van der Waals surface area (Å²) >= 11 is 0. The molecule has 3 aliphatic carbocycles. The van der Waals surface area contributed by atoms with Gasteiger partial charge in [-0.15, -0.1) is 0 Å². The molecule has 10 heteroatoms. The normalized spacial score (nSPS) is 30.1. The number of carbonyl (C=O) groups excluding carboxylic acids is 1. The highest BCUT2D eigenvalue weighted by molar-refractivity contribution is 7.88. The van der Waals surface area contributed by atoms with Crippen LogP contribution in [-0.2, 0) is 21.2 Å². The number of alkyl halides is 1. The molecule has 34 heavy (non-hydrogen) atoms. The Morgan fingerprint density at radius 3 is 2.32 bits per heavy atom. The maximum absolute atomic E-state index is 15.5. The number of halogens is 4. The van der Waals surface area contributed by atoms with Crippen LogP contribution in [0.15, 0.2) is 36.4 Å². The first-order valence-electron chi connectivity index (χ1n) is 11.1. The van der Waals surface area contributed by atoms with Gasteiger partial charge in [-0.1, -0.05) is 18.2 Å². The molecule has 3 saturated carbocycles. The molecular weight excluding hydrogens is 472 g/mol. The van der Waals surface area contributed by atoms with Crippen molar-refractivity contribution in [3.8, 4) is 11.1 Å². The monoisotopic (exact) mass is 496 g/mol. The van der Waals surface area contributed by atoms with Crippen molar-refractivity contribution in [3.05, 3.63) is 59.4 Å². The van der Waals surface area contributed by atoms with Crippen LogP contribution in [0.25, 0.3) is 11.1 Å². The van der Waals surface area contributed by atoms with Crippen LogP contribution in [0.1, 0.15) is 24.8 Å². The molecule has 5 nitrogen and oxygen atoms in total. The molecule has 182 valence electrons. The first kappa shape index (κ1) is 23.3. The van der Waals surface area contributed by atoms with E-state index in [0.717, 1.165) is 37.7 Å². The second kappa shape index (κ2) is 8.05. The number of hydrogen-bond donors (Lipinski definition) is 1. The number of nitrogens with one attached hydrogen (secondary N) is 1. The van der Waals surface area contributed by atoms with Gasteiger partial charge in [-0.2, -0.15) is 0 Å². The Hall–Kier alpha value is -2.46. The lowest BCUT2D eigenvalue weighted by molar-refractivity contribution is -0.178. The van der Waals surface area contributed by atoms with Crippen LogP contribution in [0, 0.1) is 28.8 Å². The zero-order valence-corrected chi connectivity index (χ0v) is 19.2. The Labute approximate surface area is 195 Å². The molecule has 0 radical (unpaired) electrons. The van der Waals surface area contributed by atoms with Crippen molar-refractivity contribution < 1.29 is 30.8 Å². The molecular formula is C24H24F4N2O3S. The molecule has 1 saturated heterocycles. The summed E-state index contributed by atoms with van der Waals surface area (Å²) in [6.45, 7) is -0.278. The van der Waals surface area contributed by atoms with Gasteiger partial charge >= 0.3 is 0 Å². The van der Waals surface area contributed by atoms with E-state index in [-0.39, 0.29) is 35.6 Å². The molecule has 1 heterocycles. The fraction of sp³-hybridized carbons (Fsp3) is 0.458. The summed E-state index contributed by atoms with van der Waals surface area (Å²) in [4.78, 5) is 14.7. The summed E-state index contributed by atoms with van der Waals surface area (Å²) in [6.07, 6.45) is 1.32. The molecule has 6 rings (SSSR count). The second-order valence-corrected chi connectivity index (χ2v) is 11.6. The quantitative estimate of drug-likeness (QED) is 0.622. The summed E-state index contributed by atoms with van der Waals surface area (Å²) in [5, 5.41) is 0. The van der Waals surface area contributed by atoms with Crippen molar-refractivity contribution in [1.82, 2.24) is 9.62 Å². The van der Waals surface area contributed by atoms with E-state index in [1.165, 1.54) is 23.1 Å². The highest BCUT2D eigenvalue weighted by atomic mass is 32.2. The van der Waals surface area contributed by atoms with Crippen LogP contribution in [-0.4, -0.2) is 50.3 Å². The van der Waals surface area contributed by atoms with Gasteiger partial charge in [0.1, 0.15) is 23.6 Å². The Morgan fingerprint density at radius 2 is 1.76 bits per heavy atom. The van der Waals surface area contributed by atoms with E-state index in [0.29, 0.717) is 12.0 Å². The van der Waals surface area contributed by atoms with Crippen LogP contribution >= 0.6 is 0 Å². The van der Waals surface area contributed by atoms with E-state index in [1.807, 2.05) is 0 Å². The third-order valence-electron chi connectivity index (χ3n) is 7.36. The Morgan fingerprint density at radius 1 is 1.12 bits per heavy atom. The Balaban J connectivity index is 1.49. The first-order valence-corrected chi connectivity index (χ1v) is 13.0. The lowest BCUT2D eigenvalue weighted by Crippen LogP contribution is -2.62. The fourth-order valence-corrected chi connectivity index (χ4v) is 6.48. The van der Waals surface area contributed by atoms with Gasteiger partial charge in [0.2, 0.25) is 15.9 Å². The molecule has 1 aliphatic heterocycles. The number of nitrogens with zero attached hydrogens (tertiary/aromatic N) is 1. The van der Waals surface area contributed by atoms with Crippen LogP contribution < -0.4 is 4.72 Å². The predicted molar refractivity (Wildman–Crippen MR) is 117 cm³/mol. The predicted octanol–water partition coefficient (Wildman–Crippen LogP) is 3.58. The third kappa shape index (κ3) is 4.00. The molecule has 0 unspecified atom stereocenters. The van der Waals surface area contributed by atoms with Crippen LogP contribution in [0.3, 0.4) is 0 Å². The van der Waals surface area contributed by atoms with Crippen molar-refractivity contribution in [2.45, 2.75) is 43.9 Å². The number of rotatable bonds is 6. The van der Waals surface area contributed by atoms with Gasteiger partial charge in [0.15, 0.2) is 0 Å². The number of carbonyl (C=O) groups is 1. The van der Waals surface area contributed by atoms with Crippen LogP contribution in [0.5, 0.6) is 0 Å². The number of benzene rings is 2. The van der Waals surface area contributed by atoms with E-state index in [4.69, 9.17) is 0 Å². The lowest BCUT2D eigenvalue weighted by atomic mass is 9.44. The number of sulfonamides is 1.